The summed E-state index contributed by atoms with van der Waals surface area (Å²) in [7, 11) is -3.61. The van der Waals surface area contributed by atoms with Gasteiger partial charge in [-0.3, -0.25) is 0 Å². The highest BCUT2D eigenvalue weighted by atomic mass is 35.5. The molecule has 0 aliphatic carbocycles. The summed E-state index contributed by atoms with van der Waals surface area (Å²) in [5, 5.41) is 4.37. The van der Waals surface area contributed by atoms with Crippen molar-refractivity contribution in [1.29, 1.82) is 0 Å². The summed E-state index contributed by atoms with van der Waals surface area (Å²) in [6.07, 6.45) is 1.35. The highest BCUT2D eigenvalue weighted by molar-refractivity contribution is 8.19. The van der Waals surface area contributed by atoms with Crippen LogP contribution in [-0.4, -0.2) is 18.5 Å². The van der Waals surface area contributed by atoms with E-state index in [9.17, 15) is 8.42 Å². The van der Waals surface area contributed by atoms with Crippen LogP contribution >= 0.6 is 35.0 Å². The van der Waals surface area contributed by atoms with Crippen LogP contribution in [0.3, 0.4) is 0 Å². The van der Waals surface area contributed by atoms with Crippen LogP contribution in [-0.2, 0) is 10.0 Å². The van der Waals surface area contributed by atoms with Crippen LogP contribution in [0.2, 0.25) is 0 Å². The number of primary sulfonamides is 1. The van der Waals surface area contributed by atoms with Gasteiger partial charge in [0.05, 0.1) is 5.38 Å². The fraction of sp³-hybridized carbons (Fsp3) is 0.500. The molecule has 3 nitrogen and oxygen atoms in total. The Morgan fingerprint density at radius 3 is 2.27 bits per heavy atom. The Balaban J connectivity index is 2.89. The zero-order valence-electron chi connectivity index (χ0n) is 5.20. The topological polar surface area (TPSA) is 60.2 Å². The maximum Gasteiger partial charge on any atom is 0.243 e. The second-order valence-corrected chi connectivity index (χ2v) is 6.15. The van der Waals surface area contributed by atoms with Crippen LogP contribution in [0.25, 0.3) is 0 Å². The molecule has 0 saturated heterocycles. The molecule has 7 heteroatoms. The van der Waals surface area contributed by atoms with Crippen molar-refractivity contribution in [1.82, 2.24) is 0 Å². The van der Waals surface area contributed by atoms with Gasteiger partial charge in [-0.2, -0.15) is 0 Å². The third-order valence-electron chi connectivity index (χ3n) is 1.05. The maximum absolute atomic E-state index is 10.7. The quantitative estimate of drug-likeness (QED) is 0.689. The molecule has 2 N–H and O–H groups in total. The number of halogens is 2. The van der Waals surface area contributed by atoms with Gasteiger partial charge in [-0.05, 0) is 6.08 Å². The largest absolute Gasteiger partial charge is 0.243 e. The van der Waals surface area contributed by atoms with Gasteiger partial charge in [0.25, 0.3) is 0 Å². The normalized spacial score (nSPS) is 32.1. The van der Waals surface area contributed by atoms with E-state index in [1.807, 2.05) is 0 Å². The van der Waals surface area contributed by atoms with E-state index < -0.39 is 20.1 Å². The first-order valence-corrected chi connectivity index (χ1v) is 5.90. The van der Waals surface area contributed by atoms with E-state index in [2.05, 4.69) is 0 Å². The average molecular weight is 234 g/mol. The number of rotatable bonds is 1. The van der Waals surface area contributed by atoms with Crippen LogP contribution in [0.5, 0.6) is 0 Å². The third kappa shape index (κ3) is 2.26. The molecule has 64 valence electrons. The van der Waals surface area contributed by atoms with E-state index >= 15 is 0 Å². The van der Waals surface area contributed by atoms with E-state index in [0.29, 0.717) is 0 Å². The van der Waals surface area contributed by atoms with E-state index in [1.165, 1.54) is 6.08 Å². The molecule has 1 aliphatic heterocycles. The zero-order chi connectivity index (χ0) is 8.65. The van der Waals surface area contributed by atoms with Crippen LogP contribution in [0.4, 0.5) is 0 Å². The second kappa shape index (κ2) is 3.14. The molecule has 0 aromatic carbocycles. The summed E-state index contributed by atoms with van der Waals surface area (Å²) in [6.45, 7) is 0. The maximum atomic E-state index is 10.7. The molecule has 0 spiro atoms. The summed E-state index contributed by atoms with van der Waals surface area (Å²) in [6, 6.07) is 0. The van der Waals surface area contributed by atoms with Gasteiger partial charge in [0.15, 0.2) is 0 Å². The lowest BCUT2D eigenvalue weighted by atomic mass is 10.5. The summed E-state index contributed by atoms with van der Waals surface area (Å²) >= 11 is 12.2. The monoisotopic (exact) mass is 233 g/mol. The summed E-state index contributed by atoms with van der Waals surface area (Å²) in [5.74, 6) is 0. The Morgan fingerprint density at radius 2 is 2.09 bits per heavy atom. The van der Waals surface area contributed by atoms with Gasteiger partial charge in [0.2, 0.25) is 10.0 Å². The number of nitrogens with two attached hydrogens (primary N) is 1. The Bertz CT molecular complexity index is 286. The van der Waals surface area contributed by atoms with Gasteiger partial charge in [0, 0.05) is 0 Å². The van der Waals surface area contributed by atoms with Crippen molar-refractivity contribution < 1.29 is 8.42 Å². The lowest BCUT2D eigenvalue weighted by Gasteiger charge is -2.00. The molecule has 0 fully saturated rings. The van der Waals surface area contributed by atoms with E-state index in [-0.39, 0.29) is 4.24 Å². The lowest BCUT2D eigenvalue weighted by molar-refractivity contribution is 0.605. The van der Waals surface area contributed by atoms with E-state index in [1.54, 1.807) is 0 Å². The molecule has 0 saturated carbocycles. The Labute approximate surface area is 79.0 Å². The smallest absolute Gasteiger partial charge is 0.224 e. The van der Waals surface area contributed by atoms with Gasteiger partial charge in [-0.25, -0.2) is 13.6 Å². The van der Waals surface area contributed by atoms with Crippen molar-refractivity contribution in [3.05, 3.63) is 10.3 Å². The number of allylic oxidation sites excluding steroid dienone is 1. The van der Waals surface area contributed by atoms with Crippen molar-refractivity contribution in [2.45, 2.75) is 10.1 Å². The third-order valence-corrected chi connectivity index (χ3v) is 4.82. The molecular formula is C4H5Cl2NO2S2. The van der Waals surface area contributed by atoms with Crippen molar-refractivity contribution in [3.63, 3.8) is 0 Å². The van der Waals surface area contributed by atoms with Crippen LogP contribution in [0, 0.1) is 0 Å². The predicted octanol–water partition coefficient (Wildman–Crippen LogP) is 1.04. The number of hydrogen-bond donors (Lipinski definition) is 1. The lowest BCUT2D eigenvalue weighted by Crippen LogP contribution is -2.11. The highest BCUT2D eigenvalue weighted by Crippen LogP contribution is 2.39. The second-order valence-electron chi connectivity index (χ2n) is 1.94. The molecule has 0 bridgehead atoms. The minimum absolute atomic E-state index is 0.0532. The van der Waals surface area contributed by atoms with Gasteiger partial charge < -0.3 is 0 Å². The van der Waals surface area contributed by atoms with Crippen LogP contribution in [0.15, 0.2) is 10.3 Å². The molecule has 1 rings (SSSR count). The van der Waals surface area contributed by atoms with Gasteiger partial charge in [0.1, 0.15) is 8.95 Å². The minimum atomic E-state index is -3.61. The van der Waals surface area contributed by atoms with Crippen LogP contribution < -0.4 is 5.14 Å². The van der Waals surface area contributed by atoms with Gasteiger partial charge in [-0.1, -0.05) is 11.8 Å². The molecule has 0 aromatic heterocycles. The van der Waals surface area contributed by atoms with Crippen molar-refractivity contribution >= 4 is 45.0 Å². The number of thioether (sulfide) groups is 1. The average Bonchev–Trinajstić information content (AvgIpc) is 2.11. The molecule has 2 unspecified atom stereocenters. The molecule has 2 atom stereocenters. The Kier molecular flexibility index (Phi) is 2.76. The van der Waals surface area contributed by atoms with E-state index in [4.69, 9.17) is 28.3 Å². The Hall–Kier alpha value is 0.580. The van der Waals surface area contributed by atoms with E-state index in [0.717, 1.165) is 11.8 Å². The van der Waals surface area contributed by atoms with Gasteiger partial charge >= 0.3 is 0 Å². The fourth-order valence-electron chi connectivity index (χ4n) is 0.583. The number of hydrogen-bond acceptors (Lipinski definition) is 3. The molecule has 0 radical (unpaired) electrons. The Morgan fingerprint density at radius 1 is 1.55 bits per heavy atom. The minimum Gasteiger partial charge on any atom is -0.224 e. The van der Waals surface area contributed by atoms with Gasteiger partial charge in [-0.15, -0.1) is 23.2 Å². The van der Waals surface area contributed by atoms with Crippen molar-refractivity contribution in [2.24, 2.45) is 5.14 Å². The number of sulfonamides is 1. The molecular weight excluding hydrogens is 229 g/mol. The molecule has 0 aromatic rings. The van der Waals surface area contributed by atoms with Crippen LogP contribution in [0.1, 0.15) is 0 Å². The first kappa shape index (κ1) is 9.67. The first-order valence-electron chi connectivity index (χ1n) is 2.60. The number of alkyl halides is 2. The molecule has 11 heavy (non-hydrogen) atoms. The predicted molar refractivity (Wildman–Crippen MR) is 48.1 cm³/mol. The zero-order valence-corrected chi connectivity index (χ0v) is 8.34. The molecule has 0 amide bonds. The molecule has 1 heterocycles. The summed E-state index contributed by atoms with van der Waals surface area (Å²) in [5.41, 5.74) is 0. The summed E-state index contributed by atoms with van der Waals surface area (Å²) < 4.78 is 21.0. The molecule has 1 aliphatic rings. The van der Waals surface area contributed by atoms with Crippen molar-refractivity contribution in [2.75, 3.05) is 0 Å². The SMILES string of the molecule is NS(=O)(=O)C1=CC(Cl)C(Cl)S1. The standard InChI is InChI=1S/C4H5Cl2NO2S2/c5-2-1-3(10-4(2)6)11(7,8)9/h1-2,4H,(H2,7,8,9). The first-order chi connectivity index (χ1) is 4.91. The highest BCUT2D eigenvalue weighted by Gasteiger charge is 2.29. The fourth-order valence-corrected chi connectivity index (χ4v) is 3.37. The summed E-state index contributed by atoms with van der Waals surface area (Å²) in [4.78, 5) is 0. The van der Waals surface area contributed by atoms with Crippen molar-refractivity contribution in [3.8, 4) is 0 Å².